The molecule has 1 amide bonds. The van der Waals surface area contributed by atoms with E-state index in [2.05, 4.69) is 10.2 Å². The summed E-state index contributed by atoms with van der Waals surface area (Å²) in [5.74, 6) is 0.357. The summed E-state index contributed by atoms with van der Waals surface area (Å²) in [6.45, 7) is 5.69. The van der Waals surface area contributed by atoms with Crippen LogP contribution in [0, 0.1) is 0 Å². The summed E-state index contributed by atoms with van der Waals surface area (Å²) in [7, 11) is 1.49. The first-order chi connectivity index (χ1) is 10.2. The smallest absolute Gasteiger partial charge is 0.254 e. The molecular formula is C15H21N3O3. The number of hydrogen-bond donors (Lipinski definition) is 2. The fourth-order valence-electron chi connectivity index (χ4n) is 2.90. The van der Waals surface area contributed by atoms with E-state index >= 15 is 0 Å². The number of amides is 1. The Morgan fingerprint density at radius 3 is 2.67 bits per heavy atom. The van der Waals surface area contributed by atoms with Crippen molar-refractivity contribution in [2.75, 3.05) is 46.4 Å². The van der Waals surface area contributed by atoms with E-state index in [-0.39, 0.29) is 11.7 Å². The molecule has 2 aliphatic heterocycles. The van der Waals surface area contributed by atoms with Crippen molar-refractivity contribution in [2.24, 2.45) is 0 Å². The number of hydrogen-bond acceptors (Lipinski definition) is 5. The zero-order chi connectivity index (χ0) is 14.8. The molecule has 0 spiro atoms. The molecule has 2 saturated heterocycles. The molecule has 2 fully saturated rings. The highest BCUT2D eigenvalue weighted by atomic mass is 16.5. The third-order valence-corrected chi connectivity index (χ3v) is 4.24. The zero-order valence-electron chi connectivity index (χ0n) is 12.2. The van der Waals surface area contributed by atoms with Gasteiger partial charge < -0.3 is 20.1 Å². The number of likely N-dealkylation sites (tertiary alicyclic amines) is 1. The minimum Gasteiger partial charge on any atom is -0.504 e. The van der Waals surface area contributed by atoms with Crippen molar-refractivity contribution in [3.05, 3.63) is 23.8 Å². The Bertz CT molecular complexity index is 523. The quantitative estimate of drug-likeness (QED) is 0.829. The summed E-state index contributed by atoms with van der Waals surface area (Å²) >= 11 is 0. The van der Waals surface area contributed by atoms with Gasteiger partial charge in [-0.3, -0.25) is 9.69 Å². The Hall–Kier alpha value is -1.79. The van der Waals surface area contributed by atoms with Gasteiger partial charge in [-0.25, -0.2) is 0 Å². The molecule has 0 bridgehead atoms. The number of benzene rings is 1. The van der Waals surface area contributed by atoms with E-state index in [1.54, 1.807) is 12.1 Å². The predicted octanol–water partition coefficient (Wildman–Crippen LogP) is 0.130. The van der Waals surface area contributed by atoms with Gasteiger partial charge in [-0.1, -0.05) is 0 Å². The molecule has 0 saturated carbocycles. The highest BCUT2D eigenvalue weighted by molar-refractivity contribution is 5.95. The number of piperazine rings is 1. The number of carbonyl (C=O) groups excluding carboxylic acids is 1. The van der Waals surface area contributed by atoms with Crippen LogP contribution in [0.2, 0.25) is 0 Å². The van der Waals surface area contributed by atoms with Crippen molar-refractivity contribution in [1.82, 2.24) is 15.1 Å². The summed E-state index contributed by atoms with van der Waals surface area (Å²) in [6.07, 6.45) is 0. The number of phenols is 1. The van der Waals surface area contributed by atoms with Crippen molar-refractivity contribution < 1.29 is 14.6 Å². The summed E-state index contributed by atoms with van der Waals surface area (Å²) in [5.41, 5.74) is 0.507. The molecule has 0 unspecified atom stereocenters. The monoisotopic (exact) mass is 291 g/mol. The number of methoxy groups -OCH3 is 1. The van der Waals surface area contributed by atoms with Crippen LogP contribution in [-0.2, 0) is 0 Å². The van der Waals surface area contributed by atoms with E-state index in [9.17, 15) is 9.90 Å². The first-order valence-corrected chi connectivity index (χ1v) is 7.30. The number of ether oxygens (including phenoxy) is 1. The van der Waals surface area contributed by atoms with Crippen LogP contribution in [0.1, 0.15) is 10.4 Å². The third-order valence-electron chi connectivity index (χ3n) is 4.24. The Balaban J connectivity index is 1.58. The molecule has 21 heavy (non-hydrogen) atoms. The number of phenolic OH excluding ortho intramolecular Hbond substituents is 1. The lowest BCUT2D eigenvalue weighted by molar-refractivity contribution is 0.0227. The number of carbonyl (C=O) groups is 1. The molecule has 1 aromatic carbocycles. The van der Waals surface area contributed by atoms with Gasteiger partial charge in [0.05, 0.1) is 7.11 Å². The maximum atomic E-state index is 12.4. The van der Waals surface area contributed by atoms with Gasteiger partial charge in [-0.2, -0.15) is 0 Å². The molecule has 0 aliphatic carbocycles. The van der Waals surface area contributed by atoms with E-state index in [4.69, 9.17) is 4.74 Å². The fourth-order valence-corrected chi connectivity index (χ4v) is 2.90. The van der Waals surface area contributed by atoms with Crippen LogP contribution in [0.3, 0.4) is 0 Å². The number of nitrogens with one attached hydrogen (secondary N) is 1. The van der Waals surface area contributed by atoms with Crippen molar-refractivity contribution in [3.63, 3.8) is 0 Å². The summed E-state index contributed by atoms with van der Waals surface area (Å²) in [5, 5.41) is 13.1. The minimum atomic E-state index is -0.0284. The van der Waals surface area contributed by atoms with Gasteiger partial charge >= 0.3 is 0 Å². The summed E-state index contributed by atoms with van der Waals surface area (Å²) in [4.78, 5) is 16.6. The van der Waals surface area contributed by atoms with Crippen LogP contribution in [-0.4, -0.2) is 73.2 Å². The molecule has 2 heterocycles. The van der Waals surface area contributed by atoms with Gasteiger partial charge in [0.15, 0.2) is 11.5 Å². The van der Waals surface area contributed by atoms with Crippen molar-refractivity contribution >= 4 is 5.91 Å². The van der Waals surface area contributed by atoms with Crippen LogP contribution in [0.5, 0.6) is 11.5 Å². The minimum absolute atomic E-state index is 0.00234. The summed E-state index contributed by atoms with van der Waals surface area (Å²) in [6, 6.07) is 5.26. The maximum absolute atomic E-state index is 12.4. The van der Waals surface area contributed by atoms with Crippen LogP contribution in [0.25, 0.3) is 0 Å². The van der Waals surface area contributed by atoms with E-state index in [0.29, 0.717) is 17.4 Å². The van der Waals surface area contributed by atoms with Gasteiger partial charge in [0.25, 0.3) is 5.91 Å². The molecule has 6 heteroatoms. The zero-order valence-corrected chi connectivity index (χ0v) is 12.2. The van der Waals surface area contributed by atoms with E-state index in [1.807, 2.05) is 4.90 Å². The summed E-state index contributed by atoms with van der Waals surface area (Å²) < 4.78 is 4.99. The van der Waals surface area contributed by atoms with Gasteiger partial charge in [0, 0.05) is 50.9 Å². The predicted molar refractivity (Wildman–Crippen MR) is 78.8 cm³/mol. The molecule has 6 nitrogen and oxygen atoms in total. The number of rotatable bonds is 3. The lowest BCUT2D eigenvalue weighted by Crippen LogP contribution is -2.63. The SMILES string of the molecule is COc1ccc(C(=O)N2CC(N3CCNCC3)C2)cc1O. The van der Waals surface area contributed by atoms with Crippen molar-refractivity contribution in [3.8, 4) is 11.5 Å². The molecule has 114 valence electrons. The molecular weight excluding hydrogens is 270 g/mol. The molecule has 1 aromatic rings. The van der Waals surface area contributed by atoms with Crippen molar-refractivity contribution in [2.45, 2.75) is 6.04 Å². The average molecular weight is 291 g/mol. The highest BCUT2D eigenvalue weighted by Gasteiger charge is 2.35. The first-order valence-electron chi connectivity index (χ1n) is 7.30. The molecule has 2 N–H and O–H groups in total. The van der Waals surface area contributed by atoms with Gasteiger partial charge in [-0.15, -0.1) is 0 Å². The highest BCUT2D eigenvalue weighted by Crippen LogP contribution is 2.28. The second kappa shape index (κ2) is 5.91. The number of nitrogens with zero attached hydrogens (tertiary/aromatic N) is 2. The molecule has 3 rings (SSSR count). The largest absolute Gasteiger partial charge is 0.504 e. The maximum Gasteiger partial charge on any atom is 0.254 e. The van der Waals surface area contributed by atoms with Gasteiger partial charge in [-0.05, 0) is 18.2 Å². The lowest BCUT2D eigenvalue weighted by atomic mass is 10.0. The van der Waals surface area contributed by atoms with E-state index < -0.39 is 0 Å². The molecule has 0 aromatic heterocycles. The molecule has 0 radical (unpaired) electrons. The Morgan fingerprint density at radius 1 is 1.33 bits per heavy atom. The second-order valence-electron chi connectivity index (χ2n) is 5.54. The normalized spacial score (nSPS) is 20.1. The molecule has 2 aliphatic rings. The fraction of sp³-hybridized carbons (Fsp3) is 0.533. The van der Waals surface area contributed by atoms with Crippen molar-refractivity contribution in [1.29, 1.82) is 0 Å². The van der Waals surface area contributed by atoms with Gasteiger partial charge in [0.2, 0.25) is 0 Å². The van der Waals surface area contributed by atoms with Gasteiger partial charge in [0.1, 0.15) is 0 Å². The topological polar surface area (TPSA) is 65.0 Å². The Morgan fingerprint density at radius 2 is 2.05 bits per heavy atom. The van der Waals surface area contributed by atoms with Crippen LogP contribution in [0.4, 0.5) is 0 Å². The Labute approximate surface area is 124 Å². The van der Waals surface area contributed by atoms with Crippen LogP contribution < -0.4 is 10.1 Å². The average Bonchev–Trinajstić information content (AvgIpc) is 2.46. The lowest BCUT2D eigenvalue weighted by Gasteiger charge is -2.46. The van der Waals surface area contributed by atoms with E-state index in [0.717, 1.165) is 39.3 Å². The van der Waals surface area contributed by atoms with Crippen LogP contribution >= 0.6 is 0 Å². The standard InChI is InChI=1S/C15H21N3O3/c1-21-14-3-2-11(8-13(14)19)15(20)18-9-12(10-18)17-6-4-16-5-7-17/h2-3,8,12,16,19H,4-7,9-10H2,1H3. The second-order valence-corrected chi connectivity index (χ2v) is 5.54. The van der Waals surface area contributed by atoms with E-state index in [1.165, 1.54) is 13.2 Å². The Kier molecular flexibility index (Phi) is 3.98. The molecule has 0 atom stereocenters. The van der Waals surface area contributed by atoms with Crippen LogP contribution in [0.15, 0.2) is 18.2 Å². The third kappa shape index (κ3) is 2.82. The number of aromatic hydroxyl groups is 1. The first kappa shape index (κ1) is 14.2.